The summed E-state index contributed by atoms with van der Waals surface area (Å²) in [4.78, 5) is 55.0. The largest absolute Gasteiger partial charge is 0.417 e. The Morgan fingerprint density at radius 3 is 1.75 bits per heavy atom. The van der Waals surface area contributed by atoms with Crippen LogP contribution in [0.2, 0.25) is 0 Å². The van der Waals surface area contributed by atoms with E-state index in [0.29, 0.717) is 27.7 Å². The topological polar surface area (TPSA) is 74.8 Å². The molecule has 2 aliphatic heterocycles. The Hall–Kier alpha value is -5.26. The smallest absolute Gasteiger partial charge is 0.269 e. The SMILES string of the molecule is CC(C)(C)c1ccc(-c2ccc(N3C(=O)c4ccc(C5=CCC6=C(C=C5)C(=O)N(C(C)(C)C)C6=O)cc4C3=O)cc2C(F)(F)F)c(C(F)(F)F)c1. The molecule has 0 fully saturated rings. The van der Waals surface area contributed by atoms with Crippen LogP contribution in [0.3, 0.4) is 0 Å². The first-order valence-electron chi connectivity index (χ1n) is 16.0. The Kier molecular flexibility index (Phi) is 8.12. The Morgan fingerprint density at radius 2 is 1.16 bits per heavy atom. The highest BCUT2D eigenvalue weighted by Crippen LogP contribution is 2.46. The molecule has 3 aromatic carbocycles. The van der Waals surface area contributed by atoms with Crippen LogP contribution in [0.4, 0.5) is 32.0 Å². The lowest BCUT2D eigenvalue weighted by atomic mass is 9.83. The molecule has 3 aliphatic rings. The second-order valence-electron chi connectivity index (χ2n) is 14.6. The fourth-order valence-electron chi connectivity index (χ4n) is 6.51. The van der Waals surface area contributed by atoms with Crippen LogP contribution in [-0.4, -0.2) is 34.1 Å². The summed E-state index contributed by atoms with van der Waals surface area (Å²) in [5, 5.41) is 0. The first-order chi connectivity index (χ1) is 23.5. The molecule has 0 radical (unpaired) electrons. The molecular weight excluding hydrogens is 674 g/mol. The van der Waals surface area contributed by atoms with E-state index in [0.717, 1.165) is 24.3 Å². The number of rotatable bonds is 3. The molecule has 3 aromatic rings. The minimum atomic E-state index is -5.15. The van der Waals surface area contributed by atoms with Gasteiger partial charge in [0.05, 0.1) is 27.9 Å². The Bertz CT molecular complexity index is 2160. The third-order valence-electron chi connectivity index (χ3n) is 9.11. The van der Waals surface area contributed by atoms with Gasteiger partial charge in [-0.25, -0.2) is 4.90 Å². The van der Waals surface area contributed by atoms with Crippen molar-refractivity contribution in [3.05, 3.63) is 117 Å². The van der Waals surface area contributed by atoms with Gasteiger partial charge in [0, 0.05) is 16.7 Å². The van der Waals surface area contributed by atoms with Gasteiger partial charge in [0.15, 0.2) is 0 Å². The molecule has 0 atom stereocenters. The van der Waals surface area contributed by atoms with Gasteiger partial charge in [-0.3, -0.25) is 24.1 Å². The van der Waals surface area contributed by atoms with E-state index in [1.165, 1.54) is 35.2 Å². The first-order valence-corrected chi connectivity index (χ1v) is 16.0. The highest BCUT2D eigenvalue weighted by Gasteiger charge is 2.44. The van der Waals surface area contributed by atoms with Crippen LogP contribution in [-0.2, 0) is 27.4 Å². The third kappa shape index (κ3) is 6.10. The van der Waals surface area contributed by atoms with E-state index in [1.54, 1.807) is 53.7 Å². The molecule has 0 bridgehead atoms. The maximum atomic E-state index is 14.5. The van der Waals surface area contributed by atoms with Gasteiger partial charge in [-0.2, -0.15) is 26.3 Å². The average Bonchev–Trinajstić information content (AvgIpc) is 3.28. The molecule has 264 valence electrons. The van der Waals surface area contributed by atoms with E-state index >= 15 is 0 Å². The van der Waals surface area contributed by atoms with Gasteiger partial charge >= 0.3 is 12.4 Å². The number of anilines is 1. The standard InChI is InChI=1S/C39H32F6N2O4/c1-36(2,3)22-10-15-24(30(18-22)38(40,41)42)25-16-11-23(19-31(25)39(43,44)45)46-32(48)28-14-9-21(17-29(28)33(46)49)20-7-12-26-27(13-8-20)35(51)47(34(26)50)37(4,5)6/h7-12,14-19H,13H2,1-6H3. The van der Waals surface area contributed by atoms with Gasteiger partial charge in [0.2, 0.25) is 0 Å². The normalized spacial score (nSPS) is 17.0. The van der Waals surface area contributed by atoms with Crippen LogP contribution in [0.5, 0.6) is 0 Å². The Balaban J connectivity index is 1.35. The molecule has 0 spiro atoms. The lowest BCUT2D eigenvalue weighted by Crippen LogP contribution is -2.46. The van der Waals surface area contributed by atoms with Crippen LogP contribution in [0.25, 0.3) is 16.7 Å². The lowest BCUT2D eigenvalue weighted by molar-refractivity contribution is -0.143. The van der Waals surface area contributed by atoms with Gasteiger partial charge in [-0.05, 0) is 96.8 Å². The zero-order valence-electron chi connectivity index (χ0n) is 28.4. The van der Waals surface area contributed by atoms with Crippen LogP contribution in [0.15, 0.2) is 84.0 Å². The van der Waals surface area contributed by atoms with Gasteiger partial charge in [0.1, 0.15) is 0 Å². The molecule has 6 rings (SSSR count). The summed E-state index contributed by atoms with van der Waals surface area (Å²) >= 11 is 0. The monoisotopic (exact) mass is 706 g/mol. The van der Waals surface area contributed by atoms with Gasteiger partial charge < -0.3 is 0 Å². The van der Waals surface area contributed by atoms with Crippen LogP contribution in [0.1, 0.15) is 90.9 Å². The Morgan fingerprint density at radius 1 is 0.588 bits per heavy atom. The van der Waals surface area contributed by atoms with E-state index in [1.807, 2.05) is 0 Å². The number of carbonyl (C=O) groups excluding carboxylic acids is 4. The van der Waals surface area contributed by atoms with Crippen LogP contribution >= 0.6 is 0 Å². The molecular formula is C39H32F6N2O4. The summed E-state index contributed by atoms with van der Waals surface area (Å²) in [6.45, 7) is 10.3. The second kappa shape index (κ2) is 11.6. The summed E-state index contributed by atoms with van der Waals surface area (Å²) in [5.41, 5.74) is -4.41. The minimum absolute atomic E-state index is 0.0801. The zero-order valence-corrected chi connectivity index (χ0v) is 28.4. The quantitative estimate of drug-likeness (QED) is 0.201. The maximum absolute atomic E-state index is 14.5. The molecule has 1 aliphatic carbocycles. The van der Waals surface area contributed by atoms with Crippen molar-refractivity contribution in [2.24, 2.45) is 0 Å². The second-order valence-corrected chi connectivity index (χ2v) is 14.6. The number of fused-ring (bicyclic) bond motifs is 1. The van der Waals surface area contributed by atoms with E-state index in [4.69, 9.17) is 0 Å². The van der Waals surface area contributed by atoms with Crippen molar-refractivity contribution in [2.45, 2.75) is 71.3 Å². The fourth-order valence-corrected chi connectivity index (χ4v) is 6.51. The van der Waals surface area contributed by atoms with Crippen molar-refractivity contribution in [1.29, 1.82) is 0 Å². The van der Waals surface area contributed by atoms with Crippen molar-refractivity contribution in [2.75, 3.05) is 4.90 Å². The number of allylic oxidation sites excluding steroid dienone is 3. The predicted octanol–water partition coefficient (Wildman–Crippen LogP) is 9.30. The van der Waals surface area contributed by atoms with E-state index in [-0.39, 0.29) is 28.7 Å². The number of nitrogens with zero attached hydrogens (tertiary/aromatic N) is 2. The van der Waals surface area contributed by atoms with E-state index in [2.05, 4.69) is 0 Å². The fraction of sp³-hybridized carbons (Fsp3) is 0.282. The van der Waals surface area contributed by atoms with Crippen LogP contribution in [0, 0.1) is 0 Å². The molecule has 2 heterocycles. The summed E-state index contributed by atoms with van der Waals surface area (Å²) in [5.74, 6) is -2.67. The zero-order chi connectivity index (χ0) is 37.6. The van der Waals surface area contributed by atoms with Crippen molar-refractivity contribution >= 4 is 34.9 Å². The van der Waals surface area contributed by atoms with Crippen molar-refractivity contribution < 1.29 is 45.5 Å². The Labute approximate surface area is 289 Å². The van der Waals surface area contributed by atoms with Crippen molar-refractivity contribution in [3.8, 4) is 11.1 Å². The number of halogens is 6. The van der Waals surface area contributed by atoms with Gasteiger partial charge in [0.25, 0.3) is 23.6 Å². The van der Waals surface area contributed by atoms with Crippen molar-refractivity contribution in [3.63, 3.8) is 0 Å². The molecule has 6 nitrogen and oxygen atoms in total. The first kappa shape index (κ1) is 35.6. The molecule has 0 N–H and O–H groups in total. The van der Waals surface area contributed by atoms with Crippen LogP contribution < -0.4 is 4.90 Å². The number of hydrogen-bond donors (Lipinski definition) is 0. The minimum Gasteiger partial charge on any atom is -0.269 e. The molecule has 12 heteroatoms. The predicted molar refractivity (Wildman–Crippen MR) is 179 cm³/mol. The maximum Gasteiger partial charge on any atom is 0.417 e. The molecule has 0 saturated heterocycles. The van der Waals surface area contributed by atoms with E-state index in [9.17, 15) is 45.5 Å². The number of amides is 4. The third-order valence-corrected chi connectivity index (χ3v) is 9.11. The highest BCUT2D eigenvalue weighted by molar-refractivity contribution is 6.34. The summed E-state index contributed by atoms with van der Waals surface area (Å²) in [6.07, 6.45) is -5.18. The molecule has 0 saturated carbocycles. The number of benzene rings is 3. The summed E-state index contributed by atoms with van der Waals surface area (Å²) in [7, 11) is 0. The molecule has 0 unspecified atom stereocenters. The van der Waals surface area contributed by atoms with Gasteiger partial charge in [-0.15, -0.1) is 0 Å². The lowest BCUT2D eigenvalue weighted by Gasteiger charge is -2.30. The number of carbonyl (C=O) groups is 4. The highest BCUT2D eigenvalue weighted by atomic mass is 19.4. The average molecular weight is 707 g/mol. The van der Waals surface area contributed by atoms with E-state index < -0.39 is 74.9 Å². The molecule has 51 heavy (non-hydrogen) atoms. The van der Waals surface area contributed by atoms with Crippen molar-refractivity contribution in [1.82, 2.24) is 4.90 Å². The molecule has 0 aromatic heterocycles. The number of hydrogen-bond acceptors (Lipinski definition) is 4. The number of alkyl halides is 6. The summed E-state index contributed by atoms with van der Waals surface area (Å²) in [6, 6.07) is 9.85. The molecule has 4 amide bonds. The summed E-state index contributed by atoms with van der Waals surface area (Å²) < 4.78 is 86.3. The number of imide groups is 2. The van der Waals surface area contributed by atoms with Gasteiger partial charge in [-0.1, -0.05) is 57.2 Å².